The molecule has 0 bridgehead atoms. The number of carbonyl (C=O) groups is 1. The van der Waals surface area contributed by atoms with Gasteiger partial charge >= 0.3 is 5.97 Å². The summed E-state index contributed by atoms with van der Waals surface area (Å²) in [6.45, 7) is 0. The van der Waals surface area contributed by atoms with Gasteiger partial charge in [0.15, 0.2) is 0 Å². The Morgan fingerprint density at radius 1 is 1.50 bits per heavy atom. The predicted octanol–water partition coefficient (Wildman–Crippen LogP) is 2.29. The molecule has 12 heavy (non-hydrogen) atoms. The van der Waals surface area contributed by atoms with Gasteiger partial charge < -0.3 is 5.11 Å². The van der Waals surface area contributed by atoms with Gasteiger partial charge in [-0.1, -0.05) is 6.42 Å². The van der Waals surface area contributed by atoms with E-state index in [2.05, 4.69) is 0 Å². The van der Waals surface area contributed by atoms with Crippen LogP contribution in [0, 0.1) is 5.92 Å². The molecule has 0 saturated heterocycles. The molecule has 0 heterocycles. The van der Waals surface area contributed by atoms with Crippen molar-refractivity contribution in [2.75, 3.05) is 0 Å². The van der Waals surface area contributed by atoms with Crippen molar-refractivity contribution in [1.29, 1.82) is 0 Å². The molecule has 0 unspecified atom stereocenters. The largest absolute Gasteiger partial charge is 0.481 e. The highest BCUT2D eigenvalue weighted by atomic mass is 19.3. The van der Waals surface area contributed by atoms with Gasteiger partial charge in [-0.25, -0.2) is 8.78 Å². The molecular weight excluding hydrogens is 166 g/mol. The molecule has 0 spiro atoms. The maximum atomic E-state index is 13.0. The molecule has 70 valence electrons. The summed E-state index contributed by atoms with van der Waals surface area (Å²) in [4.78, 5) is 10.0. The average molecular weight is 178 g/mol. The monoisotopic (exact) mass is 178 g/mol. The van der Waals surface area contributed by atoms with Crippen molar-refractivity contribution < 1.29 is 18.7 Å². The first kappa shape index (κ1) is 9.42. The van der Waals surface area contributed by atoms with Crippen LogP contribution in [0.25, 0.3) is 0 Å². The molecule has 0 aliphatic heterocycles. The molecule has 1 aliphatic carbocycles. The maximum Gasteiger partial charge on any atom is 0.303 e. The van der Waals surface area contributed by atoms with Crippen LogP contribution in [0.5, 0.6) is 0 Å². The van der Waals surface area contributed by atoms with E-state index in [0.717, 1.165) is 6.42 Å². The molecule has 1 N–H and O–H groups in total. The van der Waals surface area contributed by atoms with Crippen LogP contribution in [0.4, 0.5) is 8.78 Å². The SMILES string of the molecule is O=C(O)CCC(F)(F)C1CCC1. The normalized spacial score (nSPS) is 18.8. The third-order valence-corrected chi connectivity index (χ3v) is 2.37. The van der Waals surface area contributed by atoms with Crippen LogP contribution >= 0.6 is 0 Å². The zero-order chi connectivity index (χ0) is 9.19. The van der Waals surface area contributed by atoms with E-state index in [1.807, 2.05) is 0 Å². The van der Waals surface area contributed by atoms with E-state index in [0.29, 0.717) is 12.8 Å². The number of hydrogen-bond donors (Lipinski definition) is 1. The van der Waals surface area contributed by atoms with Gasteiger partial charge in [0, 0.05) is 12.3 Å². The van der Waals surface area contributed by atoms with E-state index in [4.69, 9.17) is 5.11 Å². The second-order valence-electron chi connectivity index (χ2n) is 3.28. The lowest BCUT2D eigenvalue weighted by Crippen LogP contribution is -2.33. The highest BCUT2D eigenvalue weighted by Gasteiger charge is 2.42. The van der Waals surface area contributed by atoms with Crippen molar-refractivity contribution >= 4 is 5.97 Å². The Hall–Kier alpha value is -0.670. The van der Waals surface area contributed by atoms with Gasteiger partial charge in [-0.2, -0.15) is 0 Å². The van der Waals surface area contributed by atoms with Gasteiger partial charge in [0.1, 0.15) is 0 Å². The number of carboxylic acid groups (broad SMARTS) is 1. The van der Waals surface area contributed by atoms with E-state index in [-0.39, 0.29) is 0 Å². The van der Waals surface area contributed by atoms with E-state index in [1.54, 1.807) is 0 Å². The standard InChI is InChI=1S/C8H12F2O2/c9-8(10,5-4-7(11)12)6-2-1-3-6/h6H,1-5H2,(H,11,12). The van der Waals surface area contributed by atoms with Crippen molar-refractivity contribution in [2.45, 2.75) is 38.0 Å². The molecule has 0 aromatic heterocycles. The number of rotatable bonds is 4. The van der Waals surface area contributed by atoms with Crippen LogP contribution < -0.4 is 0 Å². The molecular formula is C8H12F2O2. The lowest BCUT2D eigenvalue weighted by molar-refractivity contribution is -0.142. The lowest BCUT2D eigenvalue weighted by Gasteiger charge is -2.33. The van der Waals surface area contributed by atoms with E-state index >= 15 is 0 Å². The first-order chi connectivity index (χ1) is 5.52. The Morgan fingerprint density at radius 3 is 2.42 bits per heavy atom. The molecule has 1 fully saturated rings. The van der Waals surface area contributed by atoms with Crippen LogP contribution in [0.15, 0.2) is 0 Å². The average Bonchev–Trinajstić information content (AvgIpc) is 1.78. The van der Waals surface area contributed by atoms with E-state index < -0.39 is 30.7 Å². The molecule has 0 amide bonds. The summed E-state index contributed by atoms with van der Waals surface area (Å²) in [6.07, 6.45) is 1.02. The fourth-order valence-electron chi connectivity index (χ4n) is 1.31. The Bertz CT molecular complexity index is 176. The molecule has 0 radical (unpaired) electrons. The summed E-state index contributed by atoms with van der Waals surface area (Å²) < 4.78 is 25.9. The summed E-state index contributed by atoms with van der Waals surface area (Å²) in [5.74, 6) is -4.46. The zero-order valence-electron chi connectivity index (χ0n) is 6.72. The summed E-state index contributed by atoms with van der Waals surface area (Å²) in [7, 11) is 0. The topological polar surface area (TPSA) is 37.3 Å². The fraction of sp³-hybridized carbons (Fsp3) is 0.875. The van der Waals surface area contributed by atoms with Crippen LogP contribution in [-0.2, 0) is 4.79 Å². The Kier molecular flexibility index (Phi) is 2.65. The minimum atomic E-state index is -2.75. The quantitative estimate of drug-likeness (QED) is 0.717. The highest BCUT2D eigenvalue weighted by Crippen LogP contribution is 2.42. The number of aliphatic carboxylic acids is 1. The Balaban J connectivity index is 2.31. The zero-order valence-corrected chi connectivity index (χ0v) is 6.72. The second kappa shape index (κ2) is 3.37. The van der Waals surface area contributed by atoms with Crippen LogP contribution in [0.2, 0.25) is 0 Å². The minimum absolute atomic E-state index is 0.427. The van der Waals surface area contributed by atoms with Crippen molar-refractivity contribution in [3.05, 3.63) is 0 Å². The fourth-order valence-corrected chi connectivity index (χ4v) is 1.31. The highest BCUT2D eigenvalue weighted by molar-refractivity contribution is 5.66. The smallest absolute Gasteiger partial charge is 0.303 e. The first-order valence-corrected chi connectivity index (χ1v) is 4.12. The first-order valence-electron chi connectivity index (χ1n) is 4.12. The van der Waals surface area contributed by atoms with E-state index in [9.17, 15) is 13.6 Å². The summed E-state index contributed by atoms with van der Waals surface area (Å²) in [5, 5.41) is 8.22. The molecule has 4 heteroatoms. The summed E-state index contributed by atoms with van der Waals surface area (Å²) in [5.41, 5.74) is 0. The van der Waals surface area contributed by atoms with Gasteiger partial charge in [-0.05, 0) is 12.8 Å². The second-order valence-corrected chi connectivity index (χ2v) is 3.28. The van der Waals surface area contributed by atoms with Crippen molar-refractivity contribution in [3.63, 3.8) is 0 Å². The lowest BCUT2D eigenvalue weighted by atomic mass is 9.79. The third kappa shape index (κ3) is 2.16. The predicted molar refractivity (Wildman–Crippen MR) is 39.2 cm³/mol. The van der Waals surface area contributed by atoms with Crippen molar-refractivity contribution in [1.82, 2.24) is 0 Å². The Labute approximate surface area is 69.6 Å². The molecule has 1 aliphatic rings. The summed E-state index contributed by atoms with van der Waals surface area (Å²) in [6, 6.07) is 0. The van der Waals surface area contributed by atoms with Gasteiger partial charge in [0.05, 0.1) is 6.42 Å². The minimum Gasteiger partial charge on any atom is -0.481 e. The van der Waals surface area contributed by atoms with E-state index in [1.165, 1.54) is 0 Å². The van der Waals surface area contributed by atoms with Gasteiger partial charge in [0.25, 0.3) is 5.92 Å². The van der Waals surface area contributed by atoms with Crippen LogP contribution in [-0.4, -0.2) is 17.0 Å². The number of halogens is 2. The molecule has 1 saturated carbocycles. The molecule has 1 rings (SSSR count). The number of hydrogen-bond acceptors (Lipinski definition) is 1. The molecule has 0 aromatic carbocycles. The Morgan fingerprint density at radius 2 is 2.08 bits per heavy atom. The number of alkyl halides is 2. The van der Waals surface area contributed by atoms with Crippen molar-refractivity contribution in [2.24, 2.45) is 5.92 Å². The third-order valence-electron chi connectivity index (χ3n) is 2.37. The molecule has 0 atom stereocenters. The van der Waals surface area contributed by atoms with Gasteiger partial charge in [-0.15, -0.1) is 0 Å². The molecule has 0 aromatic rings. The number of carboxylic acids is 1. The van der Waals surface area contributed by atoms with Gasteiger partial charge in [0.2, 0.25) is 0 Å². The maximum absolute atomic E-state index is 13.0. The van der Waals surface area contributed by atoms with Crippen molar-refractivity contribution in [3.8, 4) is 0 Å². The van der Waals surface area contributed by atoms with Gasteiger partial charge in [-0.3, -0.25) is 4.79 Å². The van der Waals surface area contributed by atoms with Crippen LogP contribution in [0.3, 0.4) is 0 Å². The van der Waals surface area contributed by atoms with Crippen LogP contribution in [0.1, 0.15) is 32.1 Å². The molecule has 2 nitrogen and oxygen atoms in total. The summed E-state index contributed by atoms with van der Waals surface area (Å²) >= 11 is 0.